The van der Waals surface area contributed by atoms with E-state index in [0.29, 0.717) is 64.2 Å². The van der Waals surface area contributed by atoms with Crippen LogP contribution in [0.2, 0.25) is 0 Å². The van der Waals surface area contributed by atoms with Crippen molar-refractivity contribution in [2.24, 2.45) is 0 Å². The van der Waals surface area contributed by atoms with Crippen LogP contribution in [0.15, 0.2) is 10.6 Å². The van der Waals surface area contributed by atoms with Gasteiger partial charge in [0.25, 0.3) is 5.91 Å². The maximum absolute atomic E-state index is 13.2. The van der Waals surface area contributed by atoms with Crippen LogP contribution in [0.1, 0.15) is 48.9 Å². The van der Waals surface area contributed by atoms with Crippen molar-refractivity contribution in [1.82, 2.24) is 26.0 Å². The normalized spacial score (nSPS) is 19.4. The fraction of sp³-hybridized carbons (Fsp3) is 0.684. The van der Waals surface area contributed by atoms with Crippen molar-refractivity contribution in [2.75, 3.05) is 32.8 Å². The molecule has 0 aliphatic carbocycles. The van der Waals surface area contributed by atoms with Crippen LogP contribution in [0.4, 0.5) is 4.79 Å². The van der Waals surface area contributed by atoms with Gasteiger partial charge >= 0.3 is 6.09 Å². The van der Waals surface area contributed by atoms with Crippen LogP contribution in [0.25, 0.3) is 0 Å². The summed E-state index contributed by atoms with van der Waals surface area (Å²) in [6, 6.07) is 1.50. The molecule has 3 rings (SSSR count). The Kier molecular flexibility index (Phi) is 6.73. The zero-order chi connectivity index (χ0) is 20.9. The maximum atomic E-state index is 13.2. The van der Waals surface area contributed by atoms with Crippen molar-refractivity contribution in [2.45, 2.75) is 51.1 Å². The first-order valence-corrected chi connectivity index (χ1v) is 10.1. The smallest absolute Gasteiger partial charge is 0.409 e. The molecule has 2 fully saturated rings. The highest BCUT2D eigenvalue weighted by molar-refractivity contribution is 5.98. The molecule has 10 heteroatoms. The largest absolute Gasteiger partial charge is 0.450 e. The number of likely N-dealkylation sites (tertiary alicyclic amines) is 1. The molecular formula is C19H29N5O5. The monoisotopic (exact) mass is 407 g/mol. The van der Waals surface area contributed by atoms with E-state index in [1.54, 1.807) is 24.8 Å². The number of amides is 3. The van der Waals surface area contributed by atoms with Gasteiger partial charge in [0.1, 0.15) is 11.3 Å². The summed E-state index contributed by atoms with van der Waals surface area (Å²) in [5.41, 5.74) is -0.830. The molecule has 3 amide bonds. The van der Waals surface area contributed by atoms with Gasteiger partial charge in [0.15, 0.2) is 5.69 Å². The molecule has 1 aromatic heterocycles. The van der Waals surface area contributed by atoms with E-state index < -0.39 is 11.4 Å². The van der Waals surface area contributed by atoms with E-state index in [1.807, 2.05) is 0 Å². The summed E-state index contributed by atoms with van der Waals surface area (Å²) in [7, 11) is 0. The summed E-state index contributed by atoms with van der Waals surface area (Å²) < 4.78 is 10.00. The minimum Gasteiger partial charge on any atom is -0.450 e. The Morgan fingerprint density at radius 3 is 2.59 bits per heavy atom. The molecule has 0 spiro atoms. The lowest BCUT2D eigenvalue weighted by Crippen LogP contribution is -2.64. The molecule has 0 atom stereocenters. The van der Waals surface area contributed by atoms with Crippen molar-refractivity contribution >= 4 is 17.9 Å². The Morgan fingerprint density at radius 2 is 2.00 bits per heavy atom. The quantitative estimate of drug-likeness (QED) is 0.651. The number of aryl methyl sites for hydroxylation is 1. The summed E-state index contributed by atoms with van der Waals surface area (Å²) in [5.74, 6) is -0.0782. The van der Waals surface area contributed by atoms with Gasteiger partial charge in [-0.25, -0.2) is 4.79 Å². The molecule has 3 N–H and O–H groups in total. The molecule has 0 radical (unpaired) electrons. The Bertz CT molecular complexity index is 735. The predicted octanol–water partition coefficient (Wildman–Crippen LogP) is 0.572. The van der Waals surface area contributed by atoms with E-state index in [-0.39, 0.29) is 23.7 Å². The fourth-order valence-electron chi connectivity index (χ4n) is 3.76. The molecule has 160 valence electrons. The fourth-order valence-corrected chi connectivity index (χ4v) is 3.76. The van der Waals surface area contributed by atoms with Gasteiger partial charge in [0, 0.05) is 25.2 Å². The highest BCUT2D eigenvalue weighted by atomic mass is 16.6. The molecule has 2 aliphatic heterocycles. The van der Waals surface area contributed by atoms with Gasteiger partial charge in [-0.1, -0.05) is 5.16 Å². The van der Waals surface area contributed by atoms with E-state index in [4.69, 9.17) is 9.26 Å². The van der Waals surface area contributed by atoms with Crippen molar-refractivity contribution < 1.29 is 23.6 Å². The molecule has 0 bridgehead atoms. The summed E-state index contributed by atoms with van der Waals surface area (Å²) in [6.07, 6.45) is 1.96. The van der Waals surface area contributed by atoms with Crippen molar-refractivity contribution in [3.63, 3.8) is 0 Å². The third-order valence-electron chi connectivity index (χ3n) is 5.46. The average Bonchev–Trinajstić information content (AvgIpc) is 3.16. The minimum absolute atomic E-state index is 0.0499. The van der Waals surface area contributed by atoms with Crippen LogP contribution >= 0.6 is 0 Å². The second kappa shape index (κ2) is 9.25. The number of hydrogen-bond donors (Lipinski definition) is 3. The Labute approximate surface area is 169 Å². The number of ether oxygens (including phenoxy) is 1. The lowest BCUT2D eigenvalue weighted by molar-refractivity contribution is -0.129. The Balaban J connectivity index is 1.61. The molecule has 0 saturated carbocycles. The molecule has 2 saturated heterocycles. The third kappa shape index (κ3) is 5.06. The lowest BCUT2D eigenvalue weighted by atomic mass is 9.86. The van der Waals surface area contributed by atoms with E-state index in [0.717, 1.165) is 0 Å². The van der Waals surface area contributed by atoms with E-state index in [1.165, 1.54) is 0 Å². The van der Waals surface area contributed by atoms with E-state index >= 15 is 0 Å². The molecule has 2 aliphatic rings. The third-order valence-corrected chi connectivity index (χ3v) is 5.46. The Hall–Kier alpha value is -2.62. The predicted molar refractivity (Wildman–Crippen MR) is 103 cm³/mol. The maximum Gasteiger partial charge on any atom is 0.409 e. The van der Waals surface area contributed by atoms with Gasteiger partial charge in [-0.15, -0.1) is 0 Å². The molecule has 29 heavy (non-hydrogen) atoms. The zero-order valence-corrected chi connectivity index (χ0v) is 17.0. The number of aromatic nitrogens is 1. The van der Waals surface area contributed by atoms with Crippen LogP contribution in [-0.2, 0) is 9.53 Å². The van der Waals surface area contributed by atoms with Crippen molar-refractivity contribution in [3.05, 3.63) is 17.5 Å². The van der Waals surface area contributed by atoms with Crippen LogP contribution in [0, 0.1) is 6.92 Å². The van der Waals surface area contributed by atoms with Crippen LogP contribution in [0.5, 0.6) is 0 Å². The van der Waals surface area contributed by atoms with Crippen molar-refractivity contribution in [1.29, 1.82) is 0 Å². The van der Waals surface area contributed by atoms with Crippen LogP contribution < -0.4 is 16.0 Å². The number of hydrogen-bond acceptors (Lipinski definition) is 7. The molecular weight excluding hydrogens is 378 g/mol. The number of carbonyl (C=O) groups is 3. The molecule has 0 unspecified atom stereocenters. The Morgan fingerprint density at radius 1 is 1.31 bits per heavy atom. The molecule has 0 aromatic carbocycles. The summed E-state index contributed by atoms with van der Waals surface area (Å²) >= 11 is 0. The highest BCUT2D eigenvalue weighted by Gasteiger charge is 2.42. The van der Waals surface area contributed by atoms with E-state index in [9.17, 15) is 14.4 Å². The number of carbonyl (C=O) groups excluding carboxylic acids is 3. The standard InChI is InChI=1S/C19H29N5O5/c1-3-28-18(27)24-10-4-14(5-11-24)21-17(26)19(6-8-20-9-7-19)22-16(25)15-12-13(2)29-23-15/h12,14,20H,3-11H2,1-2H3,(H,21,26)(H,22,25). The number of rotatable bonds is 5. The second-order valence-corrected chi connectivity index (χ2v) is 7.54. The van der Waals surface area contributed by atoms with Gasteiger partial charge in [-0.05, 0) is 52.6 Å². The van der Waals surface area contributed by atoms with Gasteiger partial charge in [-0.2, -0.15) is 0 Å². The second-order valence-electron chi connectivity index (χ2n) is 7.54. The van der Waals surface area contributed by atoms with Gasteiger partial charge in [0.2, 0.25) is 5.91 Å². The first-order valence-electron chi connectivity index (χ1n) is 10.1. The molecule has 1 aromatic rings. The minimum atomic E-state index is -0.993. The number of piperidine rings is 2. The van der Waals surface area contributed by atoms with Gasteiger partial charge < -0.3 is 30.1 Å². The number of nitrogens with one attached hydrogen (secondary N) is 3. The number of nitrogens with zero attached hydrogens (tertiary/aromatic N) is 2. The zero-order valence-electron chi connectivity index (χ0n) is 17.0. The van der Waals surface area contributed by atoms with Gasteiger partial charge in [-0.3, -0.25) is 9.59 Å². The van der Waals surface area contributed by atoms with Crippen LogP contribution in [0.3, 0.4) is 0 Å². The summed E-state index contributed by atoms with van der Waals surface area (Å²) in [4.78, 5) is 39.3. The summed E-state index contributed by atoms with van der Waals surface area (Å²) in [6.45, 7) is 6.15. The molecule has 3 heterocycles. The SMILES string of the molecule is CCOC(=O)N1CCC(NC(=O)C2(NC(=O)c3cc(C)on3)CCNCC2)CC1. The first-order chi connectivity index (χ1) is 13.9. The summed E-state index contributed by atoms with van der Waals surface area (Å²) in [5, 5.41) is 12.9. The average molecular weight is 407 g/mol. The highest BCUT2D eigenvalue weighted by Crippen LogP contribution is 2.21. The van der Waals surface area contributed by atoms with Gasteiger partial charge in [0.05, 0.1) is 6.61 Å². The van der Waals surface area contributed by atoms with E-state index in [2.05, 4.69) is 21.1 Å². The first kappa shape index (κ1) is 21.1. The topological polar surface area (TPSA) is 126 Å². The van der Waals surface area contributed by atoms with Crippen LogP contribution in [-0.4, -0.2) is 72.3 Å². The molecule has 10 nitrogen and oxygen atoms in total. The lowest BCUT2D eigenvalue weighted by Gasteiger charge is -2.39. The van der Waals surface area contributed by atoms with Crippen molar-refractivity contribution in [3.8, 4) is 0 Å².